The number of carbonyl (C=O) groups is 1. The highest BCUT2D eigenvalue weighted by Gasteiger charge is 2.13. The van der Waals surface area contributed by atoms with Gasteiger partial charge in [-0.05, 0) is 42.7 Å². The summed E-state index contributed by atoms with van der Waals surface area (Å²) in [7, 11) is 0. The van der Waals surface area contributed by atoms with E-state index in [0.29, 0.717) is 24.2 Å². The van der Waals surface area contributed by atoms with Crippen LogP contribution in [0.15, 0.2) is 52.1 Å². The Labute approximate surface area is 170 Å². The molecule has 0 atom stereocenters. The van der Waals surface area contributed by atoms with Crippen LogP contribution >= 0.6 is 24.0 Å². The van der Waals surface area contributed by atoms with Gasteiger partial charge in [0.15, 0.2) is 11.7 Å². The topological polar surface area (TPSA) is 92.6 Å². The predicted octanol–water partition coefficient (Wildman–Crippen LogP) is 3.89. The van der Waals surface area contributed by atoms with Gasteiger partial charge in [0.2, 0.25) is 0 Å². The molecular weight excluding hydrogens is 443 g/mol. The number of hydrogen-bond donors (Lipinski definition) is 3. The molecular formula is C19H25IN4O2. The third-order valence-corrected chi connectivity index (χ3v) is 4.32. The molecule has 2 aromatic rings. The molecule has 1 saturated carbocycles. The van der Waals surface area contributed by atoms with E-state index in [2.05, 4.69) is 15.6 Å². The van der Waals surface area contributed by atoms with Gasteiger partial charge < -0.3 is 20.8 Å². The second-order valence-electron chi connectivity index (χ2n) is 6.31. The average Bonchev–Trinajstić information content (AvgIpc) is 3.16. The van der Waals surface area contributed by atoms with E-state index in [1.807, 2.05) is 24.3 Å². The van der Waals surface area contributed by atoms with Crippen LogP contribution in [-0.4, -0.2) is 17.9 Å². The Bertz CT molecular complexity index is 725. The normalized spacial score (nSPS) is 15.2. The molecule has 0 unspecified atom stereocenters. The van der Waals surface area contributed by atoms with Crippen LogP contribution in [0.25, 0.3) is 0 Å². The molecule has 0 aliphatic heterocycles. The molecule has 26 heavy (non-hydrogen) atoms. The molecule has 1 aromatic heterocycles. The van der Waals surface area contributed by atoms with Gasteiger partial charge >= 0.3 is 0 Å². The Kier molecular flexibility index (Phi) is 7.96. The Morgan fingerprint density at radius 3 is 2.73 bits per heavy atom. The van der Waals surface area contributed by atoms with E-state index in [4.69, 9.17) is 10.2 Å². The number of halogens is 1. The number of anilines is 1. The zero-order valence-electron chi connectivity index (χ0n) is 14.6. The van der Waals surface area contributed by atoms with E-state index >= 15 is 0 Å². The standard InChI is InChI=1S/C19H24N4O2.HI/c20-19(23-15-7-2-1-3-8-15)21-13-14-6-4-9-16(12-14)22-18(24)17-10-5-11-25-17;/h4-6,9-12,15H,1-3,7-8,13H2,(H,22,24)(H3,20,21,23);1H. The molecule has 3 rings (SSSR count). The van der Waals surface area contributed by atoms with E-state index in [1.54, 1.807) is 12.1 Å². The number of nitrogens with two attached hydrogens (primary N) is 1. The van der Waals surface area contributed by atoms with Crippen molar-refractivity contribution in [3.05, 3.63) is 54.0 Å². The molecule has 0 bridgehead atoms. The summed E-state index contributed by atoms with van der Waals surface area (Å²) in [6.45, 7) is 0.468. The van der Waals surface area contributed by atoms with Crippen molar-refractivity contribution >= 4 is 41.5 Å². The third kappa shape index (κ3) is 6.05. The average molecular weight is 468 g/mol. The number of aliphatic imine (C=N–C) groups is 1. The zero-order chi connectivity index (χ0) is 17.5. The lowest BCUT2D eigenvalue weighted by Crippen LogP contribution is -2.41. The largest absolute Gasteiger partial charge is 0.459 e. The number of carbonyl (C=O) groups excluding carboxylic acids is 1. The van der Waals surface area contributed by atoms with Crippen molar-refractivity contribution in [3.8, 4) is 0 Å². The van der Waals surface area contributed by atoms with Gasteiger partial charge in [0.05, 0.1) is 12.8 Å². The van der Waals surface area contributed by atoms with Gasteiger partial charge in [-0.15, -0.1) is 24.0 Å². The van der Waals surface area contributed by atoms with Gasteiger partial charge in [0, 0.05) is 11.7 Å². The second kappa shape index (κ2) is 10.2. The van der Waals surface area contributed by atoms with E-state index in [-0.39, 0.29) is 35.6 Å². The Hall–Kier alpha value is -2.03. The summed E-state index contributed by atoms with van der Waals surface area (Å²) in [4.78, 5) is 16.4. The van der Waals surface area contributed by atoms with Gasteiger partial charge in [-0.25, -0.2) is 4.99 Å². The Morgan fingerprint density at radius 2 is 2.00 bits per heavy atom. The molecule has 6 nitrogen and oxygen atoms in total. The highest BCUT2D eigenvalue weighted by molar-refractivity contribution is 14.0. The van der Waals surface area contributed by atoms with Crippen LogP contribution in [0.3, 0.4) is 0 Å². The number of benzene rings is 1. The fourth-order valence-corrected chi connectivity index (χ4v) is 3.03. The monoisotopic (exact) mass is 468 g/mol. The number of nitrogens with one attached hydrogen (secondary N) is 2. The van der Waals surface area contributed by atoms with Crippen LogP contribution in [0.4, 0.5) is 5.69 Å². The molecule has 0 radical (unpaired) electrons. The zero-order valence-corrected chi connectivity index (χ0v) is 16.9. The van der Waals surface area contributed by atoms with Crippen molar-refractivity contribution in [3.63, 3.8) is 0 Å². The lowest BCUT2D eigenvalue weighted by Gasteiger charge is -2.23. The van der Waals surface area contributed by atoms with E-state index < -0.39 is 0 Å². The molecule has 1 aromatic carbocycles. The van der Waals surface area contributed by atoms with Crippen molar-refractivity contribution in [2.24, 2.45) is 10.7 Å². The minimum absolute atomic E-state index is 0. The maximum absolute atomic E-state index is 12.0. The van der Waals surface area contributed by atoms with Crippen LogP contribution in [0, 0.1) is 0 Å². The fraction of sp³-hybridized carbons (Fsp3) is 0.368. The first-order valence-electron chi connectivity index (χ1n) is 8.71. The summed E-state index contributed by atoms with van der Waals surface area (Å²) < 4.78 is 5.09. The van der Waals surface area contributed by atoms with Gasteiger partial charge in [0.1, 0.15) is 0 Å². The van der Waals surface area contributed by atoms with Crippen molar-refractivity contribution in [1.29, 1.82) is 0 Å². The van der Waals surface area contributed by atoms with Crippen LogP contribution in [0.5, 0.6) is 0 Å². The molecule has 1 aliphatic carbocycles. The number of amides is 1. The molecule has 140 valence electrons. The Balaban J connectivity index is 0.00000243. The van der Waals surface area contributed by atoms with Crippen LogP contribution < -0.4 is 16.4 Å². The molecule has 0 spiro atoms. The summed E-state index contributed by atoms with van der Waals surface area (Å²) in [6.07, 6.45) is 7.60. The lowest BCUT2D eigenvalue weighted by molar-refractivity contribution is 0.0996. The SMILES string of the molecule is I.NC(=NCc1cccc(NC(=O)c2ccco2)c1)NC1CCCCC1. The highest BCUT2D eigenvalue weighted by atomic mass is 127. The maximum atomic E-state index is 12.0. The molecule has 0 saturated heterocycles. The third-order valence-electron chi connectivity index (χ3n) is 4.32. The predicted molar refractivity (Wildman–Crippen MR) is 114 cm³/mol. The van der Waals surface area contributed by atoms with E-state index in [9.17, 15) is 4.79 Å². The molecule has 1 heterocycles. The summed E-state index contributed by atoms with van der Waals surface area (Å²) in [5.74, 6) is 0.491. The van der Waals surface area contributed by atoms with E-state index in [1.165, 1.54) is 25.5 Å². The summed E-state index contributed by atoms with van der Waals surface area (Å²) in [5, 5.41) is 6.11. The fourth-order valence-electron chi connectivity index (χ4n) is 3.03. The minimum atomic E-state index is -0.274. The maximum Gasteiger partial charge on any atom is 0.291 e. The van der Waals surface area contributed by atoms with Crippen molar-refractivity contribution in [1.82, 2.24) is 5.32 Å². The van der Waals surface area contributed by atoms with Crippen LogP contribution in [0.1, 0.15) is 48.2 Å². The second-order valence-corrected chi connectivity index (χ2v) is 6.31. The number of nitrogens with zero attached hydrogens (tertiary/aromatic N) is 1. The van der Waals surface area contributed by atoms with Crippen LogP contribution in [-0.2, 0) is 6.54 Å². The number of hydrogen-bond acceptors (Lipinski definition) is 3. The number of guanidine groups is 1. The molecule has 1 amide bonds. The molecule has 4 N–H and O–H groups in total. The van der Waals surface area contributed by atoms with E-state index in [0.717, 1.165) is 18.4 Å². The quantitative estimate of drug-likeness (QED) is 0.353. The lowest BCUT2D eigenvalue weighted by atomic mass is 9.96. The first-order chi connectivity index (χ1) is 12.2. The smallest absolute Gasteiger partial charge is 0.291 e. The van der Waals surface area contributed by atoms with Gasteiger partial charge in [0.25, 0.3) is 5.91 Å². The van der Waals surface area contributed by atoms with Gasteiger partial charge in [-0.3, -0.25) is 4.79 Å². The first kappa shape index (κ1) is 20.3. The van der Waals surface area contributed by atoms with Crippen molar-refractivity contribution in [2.45, 2.75) is 44.7 Å². The van der Waals surface area contributed by atoms with Crippen LogP contribution in [0.2, 0.25) is 0 Å². The van der Waals surface area contributed by atoms with Crippen molar-refractivity contribution in [2.75, 3.05) is 5.32 Å². The number of rotatable bonds is 5. The van der Waals surface area contributed by atoms with Gasteiger partial charge in [-0.2, -0.15) is 0 Å². The van der Waals surface area contributed by atoms with Crippen molar-refractivity contribution < 1.29 is 9.21 Å². The summed E-state index contributed by atoms with van der Waals surface area (Å²) >= 11 is 0. The minimum Gasteiger partial charge on any atom is -0.459 e. The highest BCUT2D eigenvalue weighted by Crippen LogP contribution is 2.17. The number of furan rings is 1. The molecule has 1 aliphatic rings. The first-order valence-corrected chi connectivity index (χ1v) is 8.71. The van der Waals surface area contributed by atoms with Gasteiger partial charge in [-0.1, -0.05) is 31.4 Å². The molecule has 7 heteroatoms. The summed E-state index contributed by atoms with van der Waals surface area (Å²) in [5.41, 5.74) is 7.67. The Morgan fingerprint density at radius 1 is 1.19 bits per heavy atom. The molecule has 1 fully saturated rings. The summed E-state index contributed by atoms with van der Waals surface area (Å²) in [6, 6.07) is 11.3.